The average molecular weight is 244 g/mol. The van der Waals surface area contributed by atoms with Gasteiger partial charge in [0.05, 0.1) is 6.26 Å². The van der Waals surface area contributed by atoms with Crippen LogP contribution in [0.15, 0.2) is 47.1 Å². The molecule has 1 heterocycles. The fourth-order valence-corrected chi connectivity index (χ4v) is 1.72. The van der Waals surface area contributed by atoms with Gasteiger partial charge in [-0.05, 0) is 23.8 Å². The molecule has 0 atom stereocenters. The van der Waals surface area contributed by atoms with Gasteiger partial charge in [0.1, 0.15) is 5.76 Å². The van der Waals surface area contributed by atoms with Crippen LogP contribution in [0.5, 0.6) is 0 Å². The molecule has 94 valence electrons. The Bertz CT molecular complexity index is 506. The van der Waals surface area contributed by atoms with E-state index in [1.807, 2.05) is 36.4 Å². The zero-order valence-corrected chi connectivity index (χ0v) is 10.1. The Kier molecular flexibility index (Phi) is 4.15. The molecule has 3 N–H and O–H groups in total. The van der Waals surface area contributed by atoms with E-state index in [4.69, 9.17) is 10.2 Å². The van der Waals surface area contributed by atoms with Crippen LogP contribution in [-0.4, -0.2) is 5.91 Å². The van der Waals surface area contributed by atoms with Gasteiger partial charge < -0.3 is 15.5 Å². The molecule has 18 heavy (non-hydrogen) atoms. The number of benzene rings is 1. The predicted molar refractivity (Wildman–Crippen MR) is 70.0 cm³/mol. The molecular formula is C14H16N2O2. The SMILES string of the molecule is NCc1ccccc1NC(=O)CCc1ccco1. The summed E-state index contributed by atoms with van der Waals surface area (Å²) in [5, 5.41) is 2.86. The normalized spacial score (nSPS) is 10.3. The highest BCUT2D eigenvalue weighted by Crippen LogP contribution is 2.14. The Morgan fingerprint density at radius 3 is 2.78 bits per heavy atom. The first kappa shape index (κ1) is 12.4. The highest BCUT2D eigenvalue weighted by Gasteiger charge is 2.06. The topological polar surface area (TPSA) is 68.3 Å². The minimum Gasteiger partial charge on any atom is -0.469 e. The fourth-order valence-electron chi connectivity index (χ4n) is 1.72. The van der Waals surface area contributed by atoms with E-state index in [2.05, 4.69) is 5.32 Å². The maximum atomic E-state index is 11.8. The predicted octanol–water partition coefficient (Wildman–Crippen LogP) is 2.31. The molecule has 0 aliphatic carbocycles. The lowest BCUT2D eigenvalue weighted by Gasteiger charge is -2.08. The molecule has 0 aliphatic rings. The van der Waals surface area contributed by atoms with E-state index in [-0.39, 0.29) is 5.91 Å². The van der Waals surface area contributed by atoms with Crippen LogP contribution in [0.4, 0.5) is 5.69 Å². The molecule has 4 nitrogen and oxygen atoms in total. The van der Waals surface area contributed by atoms with Crippen LogP contribution >= 0.6 is 0 Å². The van der Waals surface area contributed by atoms with Gasteiger partial charge in [-0.15, -0.1) is 0 Å². The van der Waals surface area contributed by atoms with Gasteiger partial charge in [0, 0.05) is 25.1 Å². The molecule has 1 aromatic carbocycles. The van der Waals surface area contributed by atoms with E-state index >= 15 is 0 Å². The monoisotopic (exact) mass is 244 g/mol. The van der Waals surface area contributed by atoms with E-state index < -0.39 is 0 Å². The molecule has 1 amide bonds. The first-order chi connectivity index (χ1) is 8.79. The van der Waals surface area contributed by atoms with Crippen LogP contribution in [0.3, 0.4) is 0 Å². The van der Waals surface area contributed by atoms with Crippen molar-refractivity contribution in [3.63, 3.8) is 0 Å². The summed E-state index contributed by atoms with van der Waals surface area (Å²) in [6, 6.07) is 11.2. The van der Waals surface area contributed by atoms with Crippen LogP contribution in [0, 0.1) is 0 Å². The van der Waals surface area contributed by atoms with Gasteiger partial charge in [-0.25, -0.2) is 0 Å². The molecule has 0 saturated carbocycles. The molecule has 0 bridgehead atoms. The first-order valence-corrected chi connectivity index (χ1v) is 5.90. The van der Waals surface area contributed by atoms with Gasteiger partial charge in [0.15, 0.2) is 0 Å². The third-order valence-electron chi connectivity index (χ3n) is 2.69. The average Bonchev–Trinajstić information content (AvgIpc) is 2.90. The third-order valence-corrected chi connectivity index (χ3v) is 2.69. The van der Waals surface area contributed by atoms with Crippen molar-refractivity contribution in [1.82, 2.24) is 0 Å². The highest BCUT2D eigenvalue weighted by atomic mass is 16.3. The van der Waals surface area contributed by atoms with Crippen molar-refractivity contribution in [2.75, 3.05) is 5.32 Å². The number of carbonyl (C=O) groups excluding carboxylic acids is 1. The second kappa shape index (κ2) is 6.02. The Labute approximate surface area is 106 Å². The molecule has 0 spiro atoms. The van der Waals surface area contributed by atoms with Crippen LogP contribution in [0.25, 0.3) is 0 Å². The summed E-state index contributed by atoms with van der Waals surface area (Å²) in [5.74, 6) is 0.782. The van der Waals surface area contributed by atoms with E-state index in [1.165, 1.54) is 0 Å². The number of nitrogens with one attached hydrogen (secondary N) is 1. The molecule has 2 rings (SSSR count). The lowest BCUT2D eigenvalue weighted by atomic mass is 10.1. The number of carbonyl (C=O) groups is 1. The number of amides is 1. The molecule has 1 aromatic heterocycles. The number of hydrogen-bond donors (Lipinski definition) is 2. The van der Waals surface area contributed by atoms with Gasteiger partial charge in [-0.3, -0.25) is 4.79 Å². The summed E-state index contributed by atoms with van der Waals surface area (Å²) < 4.78 is 5.18. The van der Waals surface area contributed by atoms with Crippen molar-refractivity contribution in [2.45, 2.75) is 19.4 Å². The highest BCUT2D eigenvalue weighted by molar-refractivity contribution is 5.91. The minimum absolute atomic E-state index is 0.0349. The fraction of sp³-hybridized carbons (Fsp3) is 0.214. The molecule has 0 radical (unpaired) electrons. The molecule has 0 saturated heterocycles. The Morgan fingerprint density at radius 2 is 2.06 bits per heavy atom. The molecule has 0 fully saturated rings. The van der Waals surface area contributed by atoms with E-state index in [0.717, 1.165) is 17.0 Å². The van der Waals surface area contributed by atoms with E-state index in [0.29, 0.717) is 19.4 Å². The van der Waals surface area contributed by atoms with Gasteiger partial charge in [0.2, 0.25) is 5.91 Å². The van der Waals surface area contributed by atoms with Crippen LogP contribution in [0.2, 0.25) is 0 Å². The largest absolute Gasteiger partial charge is 0.469 e. The molecule has 4 heteroatoms. The van der Waals surface area contributed by atoms with E-state index in [1.54, 1.807) is 6.26 Å². The molecule has 0 unspecified atom stereocenters. The third kappa shape index (κ3) is 3.21. The summed E-state index contributed by atoms with van der Waals surface area (Å²) >= 11 is 0. The summed E-state index contributed by atoms with van der Waals surface area (Å²) in [6.45, 7) is 0.411. The smallest absolute Gasteiger partial charge is 0.224 e. The van der Waals surface area contributed by atoms with Crippen molar-refractivity contribution in [3.05, 3.63) is 54.0 Å². The Balaban J connectivity index is 1.90. The number of furan rings is 1. The second-order valence-electron chi connectivity index (χ2n) is 3.99. The number of rotatable bonds is 5. The maximum absolute atomic E-state index is 11.8. The van der Waals surface area contributed by atoms with Gasteiger partial charge >= 0.3 is 0 Å². The van der Waals surface area contributed by atoms with Gasteiger partial charge in [-0.2, -0.15) is 0 Å². The molecular weight excluding hydrogens is 228 g/mol. The number of para-hydroxylation sites is 1. The lowest BCUT2D eigenvalue weighted by molar-refractivity contribution is -0.116. The first-order valence-electron chi connectivity index (χ1n) is 5.90. The summed E-state index contributed by atoms with van der Waals surface area (Å²) in [4.78, 5) is 11.8. The van der Waals surface area contributed by atoms with Crippen LogP contribution in [-0.2, 0) is 17.8 Å². The van der Waals surface area contributed by atoms with Gasteiger partial charge in [-0.1, -0.05) is 18.2 Å². The maximum Gasteiger partial charge on any atom is 0.224 e. The number of aryl methyl sites for hydroxylation is 1. The van der Waals surface area contributed by atoms with Crippen LogP contribution in [0.1, 0.15) is 17.7 Å². The molecule has 0 aliphatic heterocycles. The standard InChI is InChI=1S/C14H16N2O2/c15-10-11-4-1-2-6-13(11)16-14(17)8-7-12-5-3-9-18-12/h1-6,9H,7-8,10,15H2,(H,16,17). The zero-order chi connectivity index (χ0) is 12.8. The zero-order valence-electron chi connectivity index (χ0n) is 10.1. The van der Waals surface area contributed by atoms with Gasteiger partial charge in [0.25, 0.3) is 0 Å². The van der Waals surface area contributed by atoms with Crippen molar-refractivity contribution < 1.29 is 9.21 Å². The lowest BCUT2D eigenvalue weighted by Crippen LogP contribution is -2.14. The van der Waals surface area contributed by atoms with Crippen molar-refractivity contribution in [1.29, 1.82) is 0 Å². The number of hydrogen-bond acceptors (Lipinski definition) is 3. The summed E-state index contributed by atoms with van der Waals surface area (Å²) in [5.41, 5.74) is 7.33. The Morgan fingerprint density at radius 1 is 1.22 bits per heavy atom. The molecule has 2 aromatic rings. The second-order valence-corrected chi connectivity index (χ2v) is 3.99. The van der Waals surface area contributed by atoms with E-state index in [9.17, 15) is 4.79 Å². The van der Waals surface area contributed by atoms with Crippen LogP contribution < -0.4 is 11.1 Å². The summed E-state index contributed by atoms with van der Waals surface area (Å²) in [6.07, 6.45) is 2.60. The van der Waals surface area contributed by atoms with Crippen molar-refractivity contribution in [2.24, 2.45) is 5.73 Å². The minimum atomic E-state index is -0.0349. The Hall–Kier alpha value is -2.07. The summed E-state index contributed by atoms with van der Waals surface area (Å²) in [7, 11) is 0. The quantitative estimate of drug-likeness (QED) is 0.848. The van der Waals surface area contributed by atoms with Crippen molar-refractivity contribution in [3.8, 4) is 0 Å². The number of anilines is 1. The van der Waals surface area contributed by atoms with Crippen molar-refractivity contribution >= 4 is 11.6 Å². The number of nitrogens with two attached hydrogens (primary N) is 1.